The van der Waals surface area contributed by atoms with E-state index >= 15 is 0 Å². The number of anilines is 1. The number of hydrogen-bond acceptors (Lipinski definition) is 8. The van der Waals surface area contributed by atoms with Crippen LogP contribution in [0.25, 0.3) is 0 Å². The summed E-state index contributed by atoms with van der Waals surface area (Å²) < 4.78 is 22.8. The maximum Gasteiger partial charge on any atom is 0.343 e. The summed E-state index contributed by atoms with van der Waals surface area (Å²) in [5.74, 6) is -0.443. The largest absolute Gasteiger partial charge is 0.493 e. The van der Waals surface area contributed by atoms with Crippen LogP contribution in [-0.4, -0.2) is 45.3 Å². The van der Waals surface area contributed by atoms with Gasteiger partial charge in [0, 0.05) is 26.9 Å². The third-order valence-electron chi connectivity index (χ3n) is 6.20. The van der Waals surface area contributed by atoms with Gasteiger partial charge < -0.3 is 24.3 Å². The lowest BCUT2D eigenvalue weighted by Crippen LogP contribution is -2.18. The molecule has 226 valence electrons. The van der Waals surface area contributed by atoms with E-state index in [2.05, 4.69) is 47.7 Å². The zero-order chi connectivity index (χ0) is 31.8. The van der Waals surface area contributed by atoms with Crippen molar-refractivity contribution in [2.75, 3.05) is 26.6 Å². The van der Waals surface area contributed by atoms with E-state index in [4.69, 9.17) is 18.9 Å². The lowest BCUT2D eigenvalue weighted by Gasteiger charge is -2.15. The van der Waals surface area contributed by atoms with Crippen molar-refractivity contribution >= 4 is 61.5 Å². The average Bonchev–Trinajstić information content (AvgIpc) is 3.02. The Morgan fingerprint density at radius 2 is 1.43 bits per heavy atom. The topological polar surface area (TPSA) is 125 Å². The number of nitrogens with zero attached hydrogens (tertiary/aromatic N) is 1. The van der Waals surface area contributed by atoms with Gasteiger partial charge in [-0.15, -0.1) is 0 Å². The highest BCUT2D eigenvalue weighted by atomic mass is 79.9. The van der Waals surface area contributed by atoms with Crippen molar-refractivity contribution in [2.45, 2.75) is 6.92 Å². The summed E-state index contributed by atoms with van der Waals surface area (Å²) in [6.07, 6.45) is 1.34. The summed E-state index contributed by atoms with van der Waals surface area (Å²) >= 11 is 6.84. The molecule has 2 amide bonds. The van der Waals surface area contributed by atoms with E-state index in [9.17, 15) is 14.4 Å². The number of esters is 1. The van der Waals surface area contributed by atoms with Gasteiger partial charge >= 0.3 is 5.97 Å². The predicted octanol–water partition coefficient (Wildman–Crippen LogP) is 6.78. The third kappa shape index (κ3) is 7.82. The second-order valence-corrected chi connectivity index (χ2v) is 11.0. The third-order valence-corrected chi connectivity index (χ3v) is 7.25. The fraction of sp³-hybridized carbons (Fsp3) is 0.125. The zero-order valence-electron chi connectivity index (χ0n) is 24.1. The molecule has 4 aromatic carbocycles. The number of carbonyl (C=O) groups is 3. The van der Waals surface area contributed by atoms with Gasteiger partial charge in [-0.2, -0.15) is 5.10 Å². The van der Waals surface area contributed by atoms with Crippen LogP contribution in [-0.2, 0) is 0 Å². The van der Waals surface area contributed by atoms with Crippen LogP contribution in [0.5, 0.6) is 23.0 Å². The SMILES string of the molecule is COc1cc(C(=O)Oc2c(Br)cc(Br)cc2C=NNC(=O)c2cccc(NC(=O)c3ccc(C)cc3)c2)cc(OC)c1OC. The number of benzene rings is 4. The minimum Gasteiger partial charge on any atom is -0.493 e. The maximum atomic E-state index is 13.2. The summed E-state index contributed by atoms with van der Waals surface area (Å²) in [6, 6.07) is 19.9. The molecular formula is C32H27Br2N3O7. The molecule has 0 saturated heterocycles. The first-order valence-corrected chi connectivity index (χ1v) is 14.5. The summed E-state index contributed by atoms with van der Waals surface area (Å²) in [5.41, 5.74) is 5.25. The van der Waals surface area contributed by atoms with Gasteiger partial charge in [0.25, 0.3) is 11.8 Å². The highest BCUT2D eigenvalue weighted by Crippen LogP contribution is 2.39. The molecule has 10 nitrogen and oxygen atoms in total. The van der Waals surface area contributed by atoms with Crippen LogP contribution in [0.1, 0.15) is 42.2 Å². The molecule has 0 aromatic heterocycles. The van der Waals surface area contributed by atoms with Crippen LogP contribution >= 0.6 is 31.9 Å². The highest BCUT2D eigenvalue weighted by Gasteiger charge is 2.21. The molecule has 0 aliphatic carbocycles. The van der Waals surface area contributed by atoms with Crippen LogP contribution in [0.2, 0.25) is 0 Å². The summed E-state index contributed by atoms with van der Waals surface area (Å²) in [6.45, 7) is 1.94. The monoisotopic (exact) mass is 723 g/mol. The minimum atomic E-state index is -0.699. The fourth-order valence-electron chi connectivity index (χ4n) is 4.01. The Kier molecular flexibility index (Phi) is 10.7. The molecule has 4 rings (SSSR count). The van der Waals surface area contributed by atoms with Crippen molar-refractivity contribution in [1.82, 2.24) is 5.43 Å². The molecule has 0 radical (unpaired) electrons. The number of carbonyl (C=O) groups excluding carboxylic acids is 3. The Hall–Kier alpha value is -4.68. The minimum absolute atomic E-state index is 0.153. The van der Waals surface area contributed by atoms with Crippen molar-refractivity contribution < 1.29 is 33.3 Å². The van der Waals surface area contributed by atoms with Crippen LogP contribution in [0, 0.1) is 6.92 Å². The van der Waals surface area contributed by atoms with Crippen molar-refractivity contribution in [3.63, 3.8) is 0 Å². The number of hydrazone groups is 1. The lowest BCUT2D eigenvalue weighted by atomic mass is 10.1. The molecule has 0 atom stereocenters. The first kappa shape index (κ1) is 32.2. The number of rotatable bonds is 10. The molecule has 0 spiro atoms. The Morgan fingerprint density at radius 1 is 0.750 bits per heavy atom. The standard InChI is InChI=1S/C32H27Br2N3O7/c1-18-8-10-19(11-9-18)30(38)36-24-7-5-6-20(13-24)31(39)37-35-17-22-12-23(33)16-25(34)28(22)44-32(40)21-14-26(41-2)29(43-4)27(15-21)42-3/h5-17H,1-4H3,(H,36,38)(H,37,39). The Morgan fingerprint density at radius 3 is 2.07 bits per heavy atom. The summed E-state index contributed by atoms with van der Waals surface area (Å²) in [4.78, 5) is 38.6. The van der Waals surface area contributed by atoms with E-state index in [1.807, 2.05) is 19.1 Å². The van der Waals surface area contributed by atoms with E-state index in [0.29, 0.717) is 31.5 Å². The fourth-order valence-corrected chi connectivity index (χ4v) is 5.34. The quantitative estimate of drug-likeness (QED) is 0.0800. The maximum absolute atomic E-state index is 13.2. The molecule has 0 saturated carbocycles. The number of ether oxygens (including phenoxy) is 4. The van der Waals surface area contributed by atoms with E-state index < -0.39 is 11.9 Å². The molecule has 12 heteroatoms. The van der Waals surface area contributed by atoms with Crippen LogP contribution in [0.15, 0.2) is 86.8 Å². The molecule has 4 aromatic rings. The summed E-state index contributed by atoms with van der Waals surface area (Å²) in [7, 11) is 4.35. The van der Waals surface area contributed by atoms with Gasteiger partial charge in [0.05, 0.1) is 37.6 Å². The van der Waals surface area contributed by atoms with Crippen LogP contribution in [0.4, 0.5) is 5.69 Å². The number of aryl methyl sites for hydroxylation is 1. The van der Waals surface area contributed by atoms with Gasteiger partial charge in [-0.05, 0) is 77.5 Å². The van der Waals surface area contributed by atoms with Gasteiger partial charge in [-0.1, -0.05) is 39.7 Å². The van der Waals surface area contributed by atoms with Crippen molar-refractivity contribution in [3.05, 3.63) is 110 Å². The van der Waals surface area contributed by atoms with Gasteiger partial charge in [-0.25, -0.2) is 10.2 Å². The average molecular weight is 725 g/mol. The summed E-state index contributed by atoms with van der Waals surface area (Å²) in [5, 5.41) is 6.85. The molecule has 0 bridgehead atoms. The van der Waals surface area contributed by atoms with Crippen molar-refractivity contribution in [3.8, 4) is 23.0 Å². The molecular weight excluding hydrogens is 698 g/mol. The number of methoxy groups -OCH3 is 3. The normalized spacial score (nSPS) is 10.7. The highest BCUT2D eigenvalue weighted by molar-refractivity contribution is 9.11. The molecule has 0 unspecified atom stereocenters. The van der Waals surface area contributed by atoms with E-state index in [1.165, 1.54) is 45.7 Å². The lowest BCUT2D eigenvalue weighted by molar-refractivity contribution is 0.0731. The second-order valence-electron chi connectivity index (χ2n) is 9.21. The van der Waals surface area contributed by atoms with Gasteiger partial charge in [0.1, 0.15) is 0 Å². The van der Waals surface area contributed by atoms with Gasteiger partial charge in [0.2, 0.25) is 5.75 Å². The molecule has 0 heterocycles. The van der Waals surface area contributed by atoms with Crippen LogP contribution < -0.4 is 29.7 Å². The predicted molar refractivity (Wildman–Crippen MR) is 174 cm³/mol. The van der Waals surface area contributed by atoms with Crippen LogP contribution in [0.3, 0.4) is 0 Å². The molecule has 2 N–H and O–H groups in total. The molecule has 44 heavy (non-hydrogen) atoms. The Bertz CT molecular complexity index is 1720. The number of amides is 2. The van der Waals surface area contributed by atoms with Gasteiger partial charge in [-0.3, -0.25) is 9.59 Å². The van der Waals surface area contributed by atoms with Crippen molar-refractivity contribution in [2.24, 2.45) is 5.10 Å². The van der Waals surface area contributed by atoms with E-state index in [0.717, 1.165) is 5.56 Å². The molecule has 0 fully saturated rings. The molecule has 0 aliphatic heterocycles. The Labute approximate surface area is 270 Å². The van der Waals surface area contributed by atoms with E-state index in [1.54, 1.807) is 42.5 Å². The first-order chi connectivity index (χ1) is 21.1. The second kappa shape index (κ2) is 14.7. The number of hydrogen-bond donors (Lipinski definition) is 2. The number of nitrogens with one attached hydrogen (secondary N) is 2. The first-order valence-electron chi connectivity index (χ1n) is 13.0. The zero-order valence-corrected chi connectivity index (χ0v) is 27.2. The molecule has 0 aliphatic rings. The van der Waals surface area contributed by atoms with Gasteiger partial charge in [0.15, 0.2) is 17.2 Å². The smallest absolute Gasteiger partial charge is 0.343 e. The van der Waals surface area contributed by atoms with E-state index in [-0.39, 0.29) is 34.3 Å². The number of halogens is 2. The Balaban J connectivity index is 1.50. The van der Waals surface area contributed by atoms with Crippen molar-refractivity contribution in [1.29, 1.82) is 0 Å².